The number of ether oxygens (including phenoxy) is 2. The van der Waals surface area contributed by atoms with Crippen molar-refractivity contribution in [1.82, 2.24) is 0 Å². The summed E-state index contributed by atoms with van der Waals surface area (Å²) < 4.78 is 20.7. The van der Waals surface area contributed by atoms with E-state index in [1.54, 1.807) is 0 Å². The van der Waals surface area contributed by atoms with Gasteiger partial charge in [-0.1, -0.05) is 143 Å². The summed E-state index contributed by atoms with van der Waals surface area (Å²) in [6.07, 6.45) is 0. The van der Waals surface area contributed by atoms with Crippen LogP contribution in [-0.4, -0.2) is 0 Å². The van der Waals surface area contributed by atoms with Gasteiger partial charge in [0.15, 0.2) is 28.6 Å². The third-order valence-corrected chi connectivity index (χ3v) is 13.5. The van der Waals surface area contributed by atoms with Gasteiger partial charge in [-0.25, -0.2) is 0 Å². The van der Waals surface area contributed by atoms with Crippen LogP contribution in [0.1, 0.15) is 49.9 Å². The Morgan fingerprint density at radius 1 is 0.431 bits per heavy atom. The van der Waals surface area contributed by atoms with Crippen molar-refractivity contribution in [2.45, 2.75) is 38.5 Å². The maximum atomic E-state index is 7.05. The Kier molecular flexibility index (Phi) is 6.01. The van der Waals surface area contributed by atoms with Gasteiger partial charge < -0.3 is 13.9 Å². The topological polar surface area (TPSA) is 34.8 Å². The molecule has 0 bridgehead atoms. The molecule has 8 aromatic carbocycles. The average molecular weight is 748 g/mol. The number of hydrogen-bond donors (Lipinski definition) is 0. The van der Waals surface area contributed by atoms with Crippen molar-refractivity contribution in [2.75, 3.05) is 4.90 Å². The van der Waals surface area contributed by atoms with Gasteiger partial charge in [0.25, 0.3) is 0 Å². The Morgan fingerprint density at radius 3 is 1.57 bits per heavy atom. The number of hydrogen-bond acceptors (Lipinski definition) is 4. The average Bonchev–Trinajstić information content (AvgIpc) is 3.83. The largest absolute Gasteiger partial charge is 0.453 e. The van der Waals surface area contributed by atoms with Crippen LogP contribution in [-0.2, 0) is 10.8 Å². The molecule has 4 heteroatoms. The van der Waals surface area contributed by atoms with E-state index in [0.717, 1.165) is 61.8 Å². The Labute approximate surface area is 336 Å². The summed E-state index contributed by atoms with van der Waals surface area (Å²) in [7, 11) is 0. The molecule has 0 radical (unpaired) electrons. The second-order valence-corrected chi connectivity index (χ2v) is 17.2. The van der Waals surface area contributed by atoms with E-state index in [1.165, 1.54) is 55.6 Å². The van der Waals surface area contributed by atoms with Crippen LogP contribution in [0.2, 0.25) is 0 Å². The molecule has 0 unspecified atom stereocenters. The predicted molar refractivity (Wildman–Crippen MR) is 235 cm³/mol. The summed E-state index contributed by atoms with van der Waals surface area (Å²) in [5, 5.41) is 1.99. The van der Waals surface area contributed by atoms with Gasteiger partial charge in [-0.3, -0.25) is 4.90 Å². The highest BCUT2D eigenvalue weighted by Gasteiger charge is 2.41. The smallest absolute Gasteiger partial charge is 0.198 e. The Morgan fingerprint density at radius 2 is 0.948 bits per heavy atom. The van der Waals surface area contributed by atoms with Crippen molar-refractivity contribution in [3.63, 3.8) is 0 Å². The molecule has 2 aliphatic heterocycles. The highest BCUT2D eigenvalue weighted by Crippen LogP contribution is 2.64. The fraction of sp³-hybridized carbons (Fsp3) is 0.111. The molecule has 0 N–H and O–H groups in total. The molecule has 13 rings (SSSR count). The molecule has 58 heavy (non-hydrogen) atoms. The Bertz CT molecular complexity index is 3300. The first-order valence-corrected chi connectivity index (χ1v) is 20.2. The van der Waals surface area contributed by atoms with Crippen molar-refractivity contribution in [3.8, 4) is 67.5 Å². The summed E-state index contributed by atoms with van der Waals surface area (Å²) >= 11 is 0. The van der Waals surface area contributed by atoms with Crippen molar-refractivity contribution in [3.05, 3.63) is 174 Å². The predicted octanol–water partition coefficient (Wildman–Crippen LogP) is 15.2. The van der Waals surface area contributed by atoms with Crippen LogP contribution in [0.15, 0.2) is 156 Å². The second-order valence-electron chi connectivity index (χ2n) is 17.2. The third-order valence-electron chi connectivity index (χ3n) is 13.5. The van der Waals surface area contributed by atoms with E-state index in [9.17, 15) is 0 Å². The first-order valence-electron chi connectivity index (χ1n) is 20.2. The number of fused-ring (bicyclic) bond motifs is 14. The minimum Gasteiger partial charge on any atom is -0.453 e. The number of furan rings is 1. The zero-order chi connectivity index (χ0) is 38.7. The molecule has 3 heterocycles. The molecule has 1 aromatic heterocycles. The summed E-state index contributed by atoms with van der Waals surface area (Å²) in [5.41, 5.74) is 19.3. The van der Waals surface area contributed by atoms with E-state index in [2.05, 4.69) is 172 Å². The van der Waals surface area contributed by atoms with Gasteiger partial charge in [0, 0.05) is 21.6 Å². The minimum absolute atomic E-state index is 0.0868. The summed E-state index contributed by atoms with van der Waals surface area (Å²) in [4.78, 5) is 2.31. The zero-order valence-corrected chi connectivity index (χ0v) is 32.6. The maximum Gasteiger partial charge on any atom is 0.198 e. The summed E-state index contributed by atoms with van der Waals surface area (Å²) in [6.45, 7) is 9.32. The minimum atomic E-state index is -0.0926. The number of anilines is 3. The molecular formula is C54H37NO3. The lowest BCUT2D eigenvalue weighted by atomic mass is 9.82. The van der Waals surface area contributed by atoms with Gasteiger partial charge in [0.1, 0.15) is 11.3 Å². The normalized spacial score (nSPS) is 15.4. The van der Waals surface area contributed by atoms with E-state index in [1.807, 2.05) is 12.1 Å². The summed E-state index contributed by atoms with van der Waals surface area (Å²) in [5.74, 6) is 2.96. The van der Waals surface area contributed by atoms with Crippen LogP contribution >= 0.6 is 0 Å². The molecule has 9 aromatic rings. The first kappa shape index (κ1) is 32.1. The number of nitrogens with zero attached hydrogens (tertiary/aromatic N) is 1. The van der Waals surface area contributed by atoms with Gasteiger partial charge in [-0.15, -0.1) is 0 Å². The SMILES string of the molecule is CC1(C)c2ccccc2-c2c(-c3ccc4c(c3)Oc3cc5c(oc6ccccc65)c5c3N4c3ccc(-c4cccc6c4-c4ccccc4C6(C)C)cc3O5)cccc21. The lowest BCUT2D eigenvalue weighted by Gasteiger charge is -2.38. The van der Waals surface area contributed by atoms with E-state index in [4.69, 9.17) is 13.9 Å². The standard InChI is InChI=1S/C54H37NO3/c1-53(2)38-18-8-5-14-35(38)48-32(16-11-20-40(48)53)30-23-25-42-45(27-30)56-47-29-37-34-13-7-10-22-44(34)57-51(37)52-50(47)55(42)43-26-24-31(28-46(43)58-52)33-17-12-21-41-49(33)36-15-6-9-19-39(36)54(41,3)4/h5-29H,1-4H3. The van der Waals surface area contributed by atoms with E-state index in [0.29, 0.717) is 11.3 Å². The molecule has 0 fully saturated rings. The fourth-order valence-corrected chi connectivity index (χ4v) is 10.7. The lowest BCUT2D eigenvalue weighted by Crippen LogP contribution is -2.20. The maximum absolute atomic E-state index is 7.05. The zero-order valence-electron chi connectivity index (χ0n) is 32.6. The van der Waals surface area contributed by atoms with Crippen LogP contribution in [0, 0.1) is 0 Å². The molecule has 276 valence electrons. The Hall–Kier alpha value is -7.04. The number of para-hydroxylation sites is 1. The third kappa shape index (κ3) is 3.99. The fourth-order valence-electron chi connectivity index (χ4n) is 10.7. The van der Waals surface area contributed by atoms with Gasteiger partial charge in [0.2, 0.25) is 0 Å². The number of rotatable bonds is 2. The second kappa shape index (κ2) is 10.9. The van der Waals surface area contributed by atoms with Gasteiger partial charge in [-0.05, 0) is 103 Å². The van der Waals surface area contributed by atoms with Crippen LogP contribution < -0.4 is 14.4 Å². The molecule has 0 spiro atoms. The molecule has 0 saturated carbocycles. The monoisotopic (exact) mass is 747 g/mol. The molecule has 0 atom stereocenters. The molecule has 4 aliphatic rings. The van der Waals surface area contributed by atoms with Crippen molar-refractivity contribution < 1.29 is 13.9 Å². The van der Waals surface area contributed by atoms with Crippen LogP contribution in [0.25, 0.3) is 66.4 Å². The number of benzene rings is 8. The quantitative estimate of drug-likeness (QED) is 0.176. The molecule has 2 aliphatic carbocycles. The van der Waals surface area contributed by atoms with E-state index >= 15 is 0 Å². The van der Waals surface area contributed by atoms with Crippen LogP contribution in [0.5, 0.6) is 23.0 Å². The summed E-state index contributed by atoms with van der Waals surface area (Å²) in [6, 6.07) is 54.8. The van der Waals surface area contributed by atoms with E-state index in [-0.39, 0.29) is 10.8 Å². The molecule has 0 amide bonds. The van der Waals surface area contributed by atoms with Gasteiger partial charge in [-0.2, -0.15) is 0 Å². The van der Waals surface area contributed by atoms with Gasteiger partial charge in [0.05, 0.1) is 11.4 Å². The van der Waals surface area contributed by atoms with E-state index < -0.39 is 0 Å². The van der Waals surface area contributed by atoms with Crippen LogP contribution in [0.4, 0.5) is 17.1 Å². The van der Waals surface area contributed by atoms with Crippen molar-refractivity contribution in [1.29, 1.82) is 0 Å². The molecule has 4 nitrogen and oxygen atoms in total. The van der Waals surface area contributed by atoms with Crippen molar-refractivity contribution >= 4 is 39.0 Å². The molecular weight excluding hydrogens is 711 g/mol. The first-order chi connectivity index (χ1) is 28.3. The van der Waals surface area contributed by atoms with Crippen LogP contribution in [0.3, 0.4) is 0 Å². The lowest BCUT2D eigenvalue weighted by molar-refractivity contribution is 0.444. The highest BCUT2D eigenvalue weighted by molar-refractivity contribution is 6.12. The highest BCUT2D eigenvalue weighted by atomic mass is 16.5. The van der Waals surface area contributed by atoms with Gasteiger partial charge >= 0.3 is 0 Å². The molecule has 0 saturated heterocycles. The Balaban J connectivity index is 1.02. The van der Waals surface area contributed by atoms with Crippen molar-refractivity contribution in [2.24, 2.45) is 0 Å².